The van der Waals surface area contributed by atoms with Crippen molar-refractivity contribution in [2.45, 2.75) is 58.9 Å². The summed E-state index contributed by atoms with van der Waals surface area (Å²) in [5.41, 5.74) is 8.05. The minimum atomic E-state index is -0.230. The quantitative estimate of drug-likeness (QED) is 0.882. The smallest absolute Gasteiger partial charge is 0.161 e. The van der Waals surface area contributed by atoms with Crippen LogP contribution in [0.5, 0.6) is 11.5 Å². The van der Waals surface area contributed by atoms with Crippen molar-refractivity contribution in [2.75, 3.05) is 13.2 Å². The van der Waals surface area contributed by atoms with Gasteiger partial charge in [-0.25, -0.2) is 0 Å². The number of hydrogen-bond donors (Lipinski definition) is 1. The molecule has 2 rings (SSSR count). The van der Waals surface area contributed by atoms with Gasteiger partial charge in [0, 0.05) is 5.54 Å². The molecule has 0 aliphatic heterocycles. The summed E-state index contributed by atoms with van der Waals surface area (Å²) in [5, 5.41) is 0. The van der Waals surface area contributed by atoms with Gasteiger partial charge in [0.05, 0.1) is 13.2 Å². The third kappa shape index (κ3) is 3.70. The first-order chi connectivity index (χ1) is 9.90. The molecule has 0 spiro atoms. The van der Waals surface area contributed by atoms with Crippen molar-refractivity contribution < 1.29 is 9.47 Å². The molecule has 3 nitrogen and oxygen atoms in total. The van der Waals surface area contributed by atoms with Crippen molar-refractivity contribution in [3.63, 3.8) is 0 Å². The summed E-state index contributed by atoms with van der Waals surface area (Å²) in [6.45, 7) is 9.91. The summed E-state index contributed by atoms with van der Waals surface area (Å²) in [6.07, 6.45) is 4.39. The zero-order valence-electron chi connectivity index (χ0n) is 13.9. The first kappa shape index (κ1) is 16.2. The zero-order valence-corrected chi connectivity index (χ0v) is 13.9. The minimum Gasteiger partial charge on any atom is -0.490 e. The van der Waals surface area contributed by atoms with Crippen LogP contribution in [-0.4, -0.2) is 13.2 Å². The predicted molar refractivity (Wildman–Crippen MR) is 86.9 cm³/mol. The van der Waals surface area contributed by atoms with Gasteiger partial charge in [-0.2, -0.15) is 0 Å². The van der Waals surface area contributed by atoms with Gasteiger partial charge in [0.15, 0.2) is 11.5 Å². The van der Waals surface area contributed by atoms with Gasteiger partial charge in [-0.3, -0.25) is 0 Å². The second kappa shape index (κ2) is 6.27. The average molecular weight is 291 g/mol. The van der Waals surface area contributed by atoms with Gasteiger partial charge in [-0.05, 0) is 62.6 Å². The van der Waals surface area contributed by atoms with Crippen molar-refractivity contribution in [3.05, 3.63) is 23.8 Å². The highest BCUT2D eigenvalue weighted by Gasteiger charge is 2.36. The van der Waals surface area contributed by atoms with Gasteiger partial charge in [0.2, 0.25) is 0 Å². The Morgan fingerprint density at radius 3 is 2.10 bits per heavy atom. The van der Waals surface area contributed by atoms with E-state index in [4.69, 9.17) is 15.2 Å². The van der Waals surface area contributed by atoms with Crippen LogP contribution >= 0.6 is 0 Å². The zero-order chi connectivity index (χ0) is 15.5. The molecule has 118 valence electrons. The van der Waals surface area contributed by atoms with Crippen LogP contribution in [0.15, 0.2) is 18.2 Å². The standard InChI is InChI=1S/C18H29NO2/c1-5-20-15-8-7-14(13-16(15)21-6-2)18(19)11-9-17(3,4)10-12-18/h7-8,13H,5-6,9-12,19H2,1-4H3. The van der Waals surface area contributed by atoms with E-state index in [0.717, 1.165) is 24.3 Å². The maximum Gasteiger partial charge on any atom is 0.161 e. The average Bonchev–Trinajstić information content (AvgIpc) is 2.45. The number of benzene rings is 1. The lowest BCUT2D eigenvalue weighted by Crippen LogP contribution is -2.42. The summed E-state index contributed by atoms with van der Waals surface area (Å²) in [6, 6.07) is 6.18. The monoisotopic (exact) mass is 291 g/mol. The van der Waals surface area contributed by atoms with E-state index < -0.39 is 0 Å². The first-order valence-electron chi connectivity index (χ1n) is 8.09. The number of rotatable bonds is 5. The molecule has 1 aromatic rings. The van der Waals surface area contributed by atoms with Crippen LogP contribution < -0.4 is 15.2 Å². The lowest BCUT2D eigenvalue weighted by atomic mass is 9.67. The molecule has 1 aliphatic rings. The van der Waals surface area contributed by atoms with Gasteiger partial charge in [-0.1, -0.05) is 19.9 Å². The number of hydrogen-bond acceptors (Lipinski definition) is 3. The van der Waals surface area contributed by atoms with Gasteiger partial charge >= 0.3 is 0 Å². The SMILES string of the molecule is CCOc1ccc(C2(N)CCC(C)(C)CC2)cc1OCC. The Kier molecular flexibility index (Phi) is 4.82. The van der Waals surface area contributed by atoms with Crippen LogP contribution in [0.2, 0.25) is 0 Å². The third-order valence-corrected chi connectivity index (χ3v) is 4.61. The Labute approximate surface area is 128 Å². The van der Waals surface area contributed by atoms with Crippen LogP contribution in [0, 0.1) is 5.41 Å². The summed E-state index contributed by atoms with van der Waals surface area (Å²) in [7, 11) is 0. The van der Waals surface area contributed by atoms with Gasteiger partial charge < -0.3 is 15.2 Å². The van der Waals surface area contributed by atoms with E-state index in [1.165, 1.54) is 18.4 Å². The molecule has 3 heteroatoms. The molecule has 1 aromatic carbocycles. The third-order valence-electron chi connectivity index (χ3n) is 4.61. The lowest BCUT2D eigenvalue weighted by molar-refractivity contribution is 0.165. The molecule has 0 saturated heterocycles. The Morgan fingerprint density at radius 2 is 1.52 bits per heavy atom. The Hall–Kier alpha value is -1.22. The maximum absolute atomic E-state index is 6.69. The summed E-state index contributed by atoms with van der Waals surface area (Å²) in [4.78, 5) is 0. The molecule has 0 heterocycles. The summed E-state index contributed by atoms with van der Waals surface area (Å²) >= 11 is 0. The predicted octanol–water partition coefficient (Wildman–Crippen LogP) is 4.24. The van der Waals surface area contributed by atoms with E-state index in [0.29, 0.717) is 18.6 Å². The van der Waals surface area contributed by atoms with Gasteiger partial charge in [0.1, 0.15) is 0 Å². The van der Waals surface area contributed by atoms with Crippen LogP contribution in [0.25, 0.3) is 0 Å². The molecular formula is C18H29NO2. The molecule has 0 unspecified atom stereocenters. The van der Waals surface area contributed by atoms with Crippen molar-refractivity contribution in [2.24, 2.45) is 11.1 Å². The highest BCUT2D eigenvalue weighted by molar-refractivity contribution is 5.45. The molecule has 1 aliphatic carbocycles. The van der Waals surface area contributed by atoms with Gasteiger partial charge in [-0.15, -0.1) is 0 Å². The number of nitrogens with two attached hydrogens (primary N) is 1. The lowest BCUT2D eigenvalue weighted by Gasteiger charge is -2.41. The Balaban J connectivity index is 2.25. The highest BCUT2D eigenvalue weighted by atomic mass is 16.5. The molecule has 1 fully saturated rings. The van der Waals surface area contributed by atoms with Gasteiger partial charge in [0.25, 0.3) is 0 Å². The second-order valence-corrected chi connectivity index (χ2v) is 6.85. The molecule has 21 heavy (non-hydrogen) atoms. The van der Waals surface area contributed by atoms with E-state index >= 15 is 0 Å². The molecule has 0 bridgehead atoms. The van der Waals surface area contributed by atoms with Crippen molar-refractivity contribution >= 4 is 0 Å². The van der Waals surface area contributed by atoms with E-state index in [-0.39, 0.29) is 5.54 Å². The Morgan fingerprint density at radius 1 is 0.952 bits per heavy atom. The van der Waals surface area contributed by atoms with E-state index in [2.05, 4.69) is 26.0 Å². The van der Waals surface area contributed by atoms with E-state index in [9.17, 15) is 0 Å². The number of ether oxygens (including phenoxy) is 2. The van der Waals surface area contributed by atoms with Crippen LogP contribution in [-0.2, 0) is 5.54 Å². The first-order valence-corrected chi connectivity index (χ1v) is 8.09. The maximum atomic E-state index is 6.69. The fraction of sp³-hybridized carbons (Fsp3) is 0.667. The fourth-order valence-electron chi connectivity index (χ4n) is 3.02. The molecule has 2 N–H and O–H groups in total. The van der Waals surface area contributed by atoms with Crippen molar-refractivity contribution in [1.82, 2.24) is 0 Å². The topological polar surface area (TPSA) is 44.5 Å². The van der Waals surface area contributed by atoms with Crippen LogP contribution in [0.3, 0.4) is 0 Å². The molecule has 0 amide bonds. The van der Waals surface area contributed by atoms with Crippen LogP contribution in [0.4, 0.5) is 0 Å². The largest absolute Gasteiger partial charge is 0.490 e. The molecule has 0 atom stereocenters. The highest BCUT2D eigenvalue weighted by Crippen LogP contribution is 2.45. The van der Waals surface area contributed by atoms with Crippen LogP contribution in [0.1, 0.15) is 58.9 Å². The summed E-state index contributed by atoms with van der Waals surface area (Å²) in [5.74, 6) is 1.62. The minimum absolute atomic E-state index is 0.230. The normalized spacial score (nSPS) is 20.0. The van der Waals surface area contributed by atoms with E-state index in [1.807, 2.05) is 19.9 Å². The Bertz CT molecular complexity index is 472. The molecule has 1 saturated carbocycles. The summed E-state index contributed by atoms with van der Waals surface area (Å²) < 4.78 is 11.4. The van der Waals surface area contributed by atoms with Crippen molar-refractivity contribution in [1.29, 1.82) is 0 Å². The molecule has 0 radical (unpaired) electrons. The fourth-order valence-corrected chi connectivity index (χ4v) is 3.02. The van der Waals surface area contributed by atoms with E-state index in [1.54, 1.807) is 0 Å². The second-order valence-electron chi connectivity index (χ2n) is 6.85. The molecule has 0 aromatic heterocycles. The van der Waals surface area contributed by atoms with Crippen molar-refractivity contribution in [3.8, 4) is 11.5 Å². The molecular weight excluding hydrogens is 262 g/mol.